The summed E-state index contributed by atoms with van der Waals surface area (Å²) >= 11 is 0. The Morgan fingerprint density at radius 3 is 2.42 bits per heavy atom. The highest BCUT2D eigenvalue weighted by atomic mass is 16.1. The Labute approximate surface area is 211 Å². The zero-order valence-corrected chi connectivity index (χ0v) is 20.6. The van der Waals surface area contributed by atoms with Gasteiger partial charge in [-0.25, -0.2) is 0 Å². The second-order valence-electron chi connectivity index (χ2n) is 9.84. The monoisotopic (exact) mass is 470 g/mol. The van der Waals surface area contributed by atoms with E-state index in [1.165, 1.54) is 32.3 Å². The van der Waals surface area contributed by atoms with Crippen LogP contribution in [0.5, 0.6) is 0 Å². The number of para-hydroxylation sites is 1. The summed E-state index contributed by atoms with van der Waals surface area (Å²) < 4.78 is 0. The normalized spacial score (nSPS) is 15.8. The van der Waals surface area contributed by atoms with Gasteiger partial charge in [-0.3, -0.25) is 4.79 Å². The maximum Gasteiger partial charge on any atom is 0.189 e. The highest BCUT2D eigenvalue weighted by Gasteiger charge is 2.27. The standard InChI is InChI=1S/C33H30N2O/c1-21-6-2-5-9-31(21)35-25-14-10-23(11-15-25)33(36)32-24(20-34)13-17-29-28-16-12-22-7-3-4-8-26(22)27(28)18-19-30(29)32/h2-12,14-15,18-19,24,35H,13,16-17,20,34H2,1H3. The molecule has 3 N–H and O–H groups in total. The van der Waals surface area contributed by atoms with Gasteiger partial charge in [0.05, 0.1) is 0 Å². The van der Waals surface area contributed by atoms with Crippen LogP contribution >= 0.6 is 0 Å². The number of hydrogen-bond acceptors (Lipinski definition) is 3. The molecule has 0 radical (unpaired) electrons. The largest absolute Gasteiger partial charge is 0.355 e. The summed E-state index contributed by atoms with van der Waals surface area (Å²) in [7, 11) is 0. The van der Waals surface area contributed by atoms with E-state index in [9.17, 15) is 4.79 Å². The van der Waals surface area contributed by atoms with Crippen LogP contribution in [0.15, 0.2) is 84.9 Å². The van der Waals surface area contributed by atoms with Gasteiger partial charge in [-0.2, -0.15) is 0 Å². The Balaban J connectivity index is 1.44. The molecule has 0 fully saturated rings. The number of carbonyl (C=O) groups is 1. The summed E-state index contributed by atoms with van der Waals surface area (Å²) in [6.07, 6.45) is 5.10. The first-order chi connectivity index (χ1) is 17.6. The van der Waals surface area contributed by atoms with Gasteiger partial charge in [-0.15, -0.1) is 0 Å². The van der Waals surface area contributed by atoms with Crippen LogP contribution in [0.4, 0.5) is 11.4 Å². The number of hydrogen-bond donors (Lipinski definition) is 2. The highest BCUT2D eigenvalue weighted by molar-refractivity contribution is 6.25. The topological polar surface area (TPSA) is 55.1 Å². The van der Waals surface area contributed by atoms with Crippen molar-refractivity contribution in [1.82, 2.24) is 0 Å². The number of nitrogens with one attached hydrogen (secondary N) is 1. The number of Topliss-reactive ketones (excluding diaryl/α,β-unsaturated/α-hetero) is 1. The second-order valence-corrected chi connectivity index (χ2v) is 9.84. The number of benzene rings is 4. The summed E-state index contributed by atoms with van der Waals surface area (Å²) in [6.45, 7) is 2.57. The lowest BCUT2D eigenvalue weighted by Crippen LogP contribution is -2.34. The fraction of sp³-hybridized carbons (Fsp3) is 0.182. The molecule has 0 saturated heterocycles. The molecule has 2 aliphatic carbocycles. The van der Waals surface area contributed by atoms with Crippen molar-refractivity contribution in [2.45, 2.75) is 26.2 Å². The molecule has 0 saturated carbocycles. The van der Waals surface area contributed by atoms with Crippen LogP contribution in [0.3, 0.4) is 0 Å². The van der Waals surface area contributed by atoms with Crippen LogP contribution in [0.1, 0.15) is 33.5 Å². The van der Waals surface area contributed by atoms with Crippen molar-refractivity contribution < 1.29 is 4.79 Å². The molecule has 0 heterocycles. The number of aryl methyl sites for hydroxylation is 1. The van der Waals surface area contributed by atoms with Crippen LogP contribution in [0.2, 0.25) is 0 Å². The molecular formula is C33H30N2O. The maximum absolute atomic E-state index is 13.9. The molecule has 4 aromatic rings. The molecule has 0 aliphatic heterocycles. The van der Waals surface area contributed by atoms with Crippen LogP contribution in [0.25, 0.3) is 11.6 Å². The Morgan fingerprint density at radius 2 is 1.61 bits per heavy atom. The third-order valence-electron chi connectivity index (χ3n) is 7.75. The predicted octanol–water partition coefficient (Wildman–Crippen LogP) is 4.92. The van der Waals surface area contributed by atoms with E-state index in [1.807, 2.05) is 36.4 Å². The molecule has 0 bridgehead atoms. The minimum Gasteiger partial charge on any atom is -0.355 e. The molecule has 6 rings (SSSR count). The molecule has 2 aliphatic rings. The van der Waals surface area contributed by atoms with E-state index in [0.29, 0.717) is 12.1 Å². The summed E-state index contributed by atoms with van der Waals surface area (Å²) in [5, 5.41) is 8.43. The Hall–Kier alpha value is -3.95. The fourth-order valence-corrected chi connectivity index (χ4v) is 5.80. The summed E-state index contributed by atoms with van der Waals surface area (Å²) in [5.41, 5.74) is 13.7. The van der Waals surface area contributed by atoms with Crippen LogP contribution < -0.4 is 21.5 Å². The average Bonchev–Trinajstić information content (AvgIpc) is 2.93. The maximum atomic E-state index is 13.9. The van der Waals surface area contributed by atoms with Crippen molar-refractivity contribution in [3.05, 3.63) is 128 Å². The smallest absolute Gasteiger partial charge is 0.189 e. The van der Waals surface area contributed by atoms with Gasteiger partial charge in [0.1, 0.15) is 0 Å². The van der Waals surface area contributed by atoms with Crippen molar-refractivity contribution in [3.63, 3.8) is 0 Å². The number of carbonyl (C=O) groups excluding carboxylic acids is 1. The highest BCUT2D eigenvalue weighted by Crippen LogP contribution is 2.29. The Morgan fingerprint density at radius 1 is 0.861 bits per heavy atom. The van der Waals surface area contributed by atoms with Crippen LogP contribution in [-0.2, 0) is 12.8 Å². The van der Waals surface area contributed by atoms with Crippen molar-refractivity contribution in [2.75, 3.05) is 11.9 Å². The van der Waals surface area contributed by atoms with Crippen LogP contribution in [-0.4, -0.2) is 12.3 Å². The van der Waals surface area contributed by atoms with Crippen molar-refractivity contribution in [2.24, 2.45) is 11.7 Å². The van der Waals surface area contributed by atoms with Gasteiger partial charge < -0.3 is 11.1 Å². The third kappa shape index (κ3) is 3.86. The van der Waals surface area contributed by atoms with E-state index in [4.69, 9.17) is 5.73 Å². The minimum atomic E-state index is 0.0766. The lowest BCUT2D eigenvalue weighted by Gasteiger charge is -2.26. The summed E-state index contributed by atoms with van der Waals surface area (Å²) in [5.74, 6) is 0.168. The second kappa shape index (κ2) is 9.25. The first kappa shape index (κ1) is 22.5. The zero-order valence-electron chi connectivity index (χ0n) is 20.6. The zero-order chi connectivity index (χ0) is 24.6. The van der Waals surface area contributed by atoms with Gasteiger partial charge in [-0.1, -0.05) is 60.7 Å². The molecule has 4 aromatic carbocycles. The molecule has 36 heavy (non-hydrogen) atoms. The van der Waals surface area contributed by atoms with Gasteiger partial charge >= 0.3 is 0 Å². The quantitative estimate of drug-likeness (QED) is 0.407. The third-order valence-corrected chi connectivity index (χ3v) is 7.75. The lowest BCUT2D eigenvalue weighted by molar-refractivity contribution is 0.104. The predicted molar refractivity (Wildman–Crippen MR) is 147 cm³/mol. The lowest BCUT2D eigenvalue weighted by atomic mass is 9.78. The van der Waals surface area contributed by atoms with Crippen molar-refractivity contribution in [1.29, 1.82) is 0 Å². The molecule has 178 valence electrons. The van der Waals surface area contributed by atoms with Gasteiger partial charge in [0, 0.05) is 28.4 Å². The first-order valence-electron chi connectivity index (χ1n) is 12.8. The van der Waals surface area contributed by atoms with Crippen molar-refractivity contribution in [3.8, 4) is 0 Å². The van der Waals surface area contributed by atoms with E-state index in [0.717, 1.165) is 41.4 Å². The average molecular weight is 471 g/mol. The molecule has 0 aromatic heterocycles. The molecule has 3 heteroatoms. The van der Waals surface area contributed by atoms with Gasteiger partial charge in [0.2, 0.25) is 0 Å². The molecule has 1 unspecified atom stereocenters. The first-order valence-corrected chi connectivity index (χ1v) is 12.8. The Kier molecular flexibility index (Phi) is 5.79. The van der Waals surface area contributed by atoms with Crippen molar-refractivity contribution >= 4 is 28.8 Å². The summed E-state index contributed by atoms with van der Waals surface area (Å²) in [4.78, 5) is 13.9. The molecule has 1 atom stereocenters. The fourth-order valence-electron chi connectivity index (χ4n) is 5.80. The number of ketones is 1. The number of rotatable bonds is 5. The van der Waals surface area contributed by atoms with E-state index in [2.05, 4.69) is 66.8 Å². The number of nitrogens with two attached hydrogens (primary N) is 1. The number of fused-ring (bicyclic) bond motifs is 4. The van der Waals surface area contributed by atoms with E-state index in [1.54, 1.807) is 0 Å². The SMILES string of the molecule is Cc1ccccc1Nc1ccc(C(=O)C2=c3ccc4c(c3CCC2CN)CC=c2ccccc2=4)cc1. The van der Waals surface area contributed by atoms with E-state index in [-0.39, 0.29) is 11.7 Å². The van der Waals surface area contributed by atoms with E-state index >= 15 is 0 Å². The molecular weight excluding hydrogens is 440 g/mol. The summed E-state index contributed by atoms with van der Waals surface area (Å²) in [6, 6.07) is 29.0. The molecule has 3 nitrogen and oxygen atoms in total. The van der Waals surface area contributed by atoms with E-state index < -0.39 is 0 Å². The number of anilines is 2. The van der Waals surface area contributed by atoms with Crippen LogP contribution in [0, 0.1) is 23.3 Å². The Bertz CT molecular complexity index is 1700. The van der Waals surface area contributed by atoms with Gasteiger partial charge in [0.25, 0.3) is 0 Å². The minimum absolute atomic E-state index is 0.0766. The molecule has 0 amide bonds. The van der Waals surface area contributed by atoms with Gasteiger partial charge in [0.15, 0.2) is 5.78 Å². The molecule has 0 spiro atoms. The van der Waals surface area contributed by atoms with Gasteiger partial charge in [-0.05, 0) is 101 Å².